The number of hydrogen-bond donors (Lipinski definition) is 1. The third kappa shape index (κ3) is 4.08. The van der Waals surface area contributed by atoms with Gasteiger partial charge >= 0.3 is 0 Å². The standard InChI is InChI=1S/C22H17F2N5OS/c1-14(21-28-20(10-31-21)16-4-2-15(9-25)3-5-16)22(30,11-29-13-26-12-27-29)18-8-17(23)6-7-19(18)24/h2-8,10,12-14,30H,11H2,1H3/t14-,22?/m1/s1. The van der Waals surface area contributed by atoms with Gasteiger partial charge in [-0.3, -0.25) is 0 Å². The Labute approximate surface area is 181 Å². The summed E-state index contributed by atoms with van der Waals surface area (Å²) in [6.45, 7) is 1.57. The Morgan fingerprint density at radius 2 is 2.00 bits per heavy atom. The minimum absolute atomic E-state index is 0.139. The molecule has 1 N–H and O–H groups in total. The Morgan fingerprint density at radius 1 is 1.23 bits per heavy atom. The van der Waals surface area contributed by atoms with Crippen LogP contribution in [0.15, 0.2) is 60.5 Å². The number of aliphatic hydroxyl groups is 1. The summed E-state index contributed by atoms with van der Waals surface area (Å²) in [6.07, 6.45) is 2.71. The number of nitriles is 1. The van der Waals surface area contributed by atoms with Crippen LogP contribution in [0.1, 0.15) is 29.0 Å². The van der Waals surface area contributed by atoms with Gasteiger partial charge in [-0.2, -0.15) is 10.4 Å². The average molecular weight is 437 g/mol. The van der Waals surface area contributed by atoms with Crippen LogP contribution < -0.4 is 0 Å². The molecule has 0 saturated heterocycles. The molecule has 0 aliphatic heterocycles. The molecule has 9 heteroatoms. The lowest BCUT2D eigenvalue weighted by Gasteiger charge is -2.33. The lowest BCUT2D eigenvalue weighted by Crippen LogP contribution is -2.38. The van der Waals surface area contributed by atoms with E-state index < -0.39 is 23.2 Å². The molecule has 0 radical (unpaired) electrons. The third-order valence-corrected chi connectivity index (χ3v) is 6.21. The molecule has 156 valence electrons. The molecule has 0 spiro atoms. The highest BCUT2D eigenvalue weighted by Gasteiger charge is 2.41. The molecular weight excluding hydrogens is 420 g/mol. The largest absolute Gasteiger partial charge is 0.382 e. The molecule has 0 saturated carbocycles. The summed E-state index contributed by atoms with van der Waals surface area (Å²) in [6, 6.07) is 12.0. The number of thiazole rings is 1. The normalized spacial score (nSPS) is 14.0. The van der Waals surface area contributed by atoms with E-state index in [1.807, 2.05) is 5.38 Å². The van der Waals surface area contributed by atoms with Gasteiger partial charge in [-0.15, -0.1) is 11.3 Å². The van der Waals surface area contributed by atoms with Gasteiger partial charge in [0.25, 0.3) is 0 Å². The van der Waals surface area contributed by atoms with Gasteiger partial charge in [0.15, 0.2) is 0 Å². The van der Waals surface area contributed by atoms with Gasteiger partial charge in [-0.1, -0.05) is 19.1 Å². The predicted octanol–water partition coefficient (Wildman–Crippen LogP) is 4.24. The number of rotatable bonds is 6. The second-order valence-electron chi connectivity index (χ2n) is 7.12. The zero-order chi connectivity index (χ0) is 22.0. The van der Waals surface area contributed by atoms with Crippen LogP contribution in [0.2, 0.25) is 0 Å². The van der Waals surface area contributed by atoms with Crippen molar-refractivity contribution in [2.45, 2.75) is 25.0 Å². The van der Waals surface area contributed by atoms with Crippen molar-refractivity contribution >= 4 is 11.3 Å². The molecule has 0 fully saturated rings. The van der Waals surface area contributed by atoms with Crippen molar-refractivity contribution in [3.63, 3.8) is 0 Å². The van der Waals surface area contributed by atoms with Gasteiger partial charge in [0.1, 0.15) is 29.9 Å². The molecule has 0 amide bonds. The molecule has 2 aromatic carbocycles. The molecule has 4 aromatic rings. The molecule has 0 aliphatic rings. The van der Waals surface area contributed by atoms with E-state index >= 15 is 0 Å². The Kier molecular flexibility index (Phi) is 5.59. The monoisotopic (exact) mass is 437 g/mol. The topological polar surface area (TPSA) is 87.6 Å². The minimum Gasteiger partial charge on any atom is -0.382 e. The van der Waals surface area contributed by atoms with Crippen molar-refractivity contribution in [1.29, 1.82) is 5.26 Å². The van der Waals surface area contributed by atoms with Gasteiger partial charge < -0.3 is 5.11 Å². The summed E-state index contributed by atoms with van der Waals surface area (Å²) in [5.41, 5.74) is 0.00578. The zero-order valence-electron chi connectivity index (χ0n) is 16.4. The van der Waals surface area contributed by atoms with Crippen LogP contribution in [0.3, 0.4) is 0 Å². The van der Waals surface area contributed by atoms with Crippen LogP contribution in [-0.4, -0.2) is 24.9 Å². The van der Waals surface area contributed by atoms with Crippen LogP contribution in [-0.2, 0) is 12.1 Å². The van der Waals surface area contributed by atoms with Gasteiger partial charge in [-0.05, 0) is 30.3 Å². The quantitative estimate of drug-likeness (QED) is 0.487. The number of nitrogens with zero attached hydrogens (tertiary/aromatic N) is 5. The Balaban J connectivity index is 1.74. The number of aromatic nitrogens is 4. The first kappa shape index (κ1) is 20.8. The smallest absolute Gasteiger partial charge is 0.137 e. The molecular formula is C22H17F2N5OS. The number of hydrogen-bond acceptors (Lipinski definition) is 6. The average Bonchev–Trinajstić information content (AvgIpc) is 3.47. The maximum absolute atomic E-state index is 14.7. The van der Waals surface area contributed by atoms with E-state index in [-0.39, 0.29) is 12.1 Å². The van der Waals surface area contributed by atoms with E-state index in [0.29, 0.717) is 16.3 Å². The second-order valence-corrected chi connectivity index (χ2v) is 8.01. The molecule has 4 rings (SSSR count). The Morgan fingerprint density at radius 3 is 2.68 bits per heavy atom. The zero-order valence-corrected chi connectivity index (χ0v) is 17.2. The summed E-state index contributed by atoms with van der Waals surface area (Å²) in [5, 5.41) is 27.0. The van der Waals surface area contributed by atoms with Crippen LogP contribution in [0.4, 0.5) is 8.78 Å². The summed E-state index contributed by atoms with van der Waals surface area (Å²) >= 11 is 1.31. The summed E-state index contributed by atoms with van der Waals surface area (Å²) in [5.74, 6) is -2.07. The van der Waals surface area contributed by atoms with E-state index in [1.165, 1.54) is 28.7 Å². The van der Waals surface area contributed by atoms with Crippen LogP contribution in [0, 0.1) is 23.0 Å². The molecule has 2 atom stereocenters. The fourth-order valence-corrected chi connectivity index (χ4v) is 4.36. The predicted molar refractivity (Wildman–Crippen MR) is 111 cm³/mol. The minimum atomic E-state index is -1.83. The van der Waals surface area contributed by atoms with Crippen LogP contribution in [0.25, 0.3) is 11.3 Å². The van der Waals surface area contributed by atoms with E-state index in [0.717, 1.165) is 23.8 Å². The highest BCUT2D eigenvalue weighted by molar-refractivity contribution is 7.10. The molecule has 2 aromatic heterocycles. The summed E-state index contributed by atoms with van der Waals surface area (Å²) in [7, 11) is 0. The highest BCUT2D eigenvalue weighted by atomic mass is 32.1. The molecule has 0 bridgehead atoms. The van der Waals surface area contributed by atoms with Gasteiger partial charge in [0, 0.05) is 22.4 Å². The van der Waals surface area contributed by atoms with Crippen molar-refractivity contribution in [2.75, 3.05) is 0 Å². The highest BCUT2D eigenvalue weighted by Crippen LogP contribution is 2.41. The molecule has 0 aliphatic carbocycles. The van der Waals surface area contributed by atoms with Gasteiger partial charge in [0.05, 0.1) is 28.9 Å². The van der Waals surface area contributed by atoms with Crippen molar-refractivity contribution in [1.82, 2.24) is 19.7 Å². The first-order valence-electron chi connectivity index (χ1n) is 9.37. The lowest BCUT2D eigenvalue weighted by atomic mass is 9.82. The molecule has 6 nitrogen and oxygen atoms in total. The molecule has 2 heterocycles. The van der Waals surface area contributed by atoms with E-state index in [2.05, 4.69) is 21.1 Å². The Bertz CT molecular complexity index is 1230. The van der Waals surface area contributed by atoms with Gasteiger partial charge in [-0.25, -0.2) is 23.4 Å². The maximum atomic E-state index is 14.7. The first-order valence-corrected chi connectivity index (χ1v) is 10.2. The third-order valence-electron chi connectivity index (χ3n) is 5.18. The van der Waals surface area contributed by atoms with Crippen molar-refractivity contribution in [3.8, 4) is 17.3 Å². The summed E-state index contributed by atoms with van der Waals surface area (Å²) < 4.78 is 30.0. The van der Waals surface area contributed by atoms with Crippen LogP contribution >= 0.6 is 11.3 Å². The number of benzene rings is 2. The fraction of sp³-hybridized carbons (Fsp3) is 0.182. The number of halogens is 2. The lowest BCUT2D eigenvalue weighted by molar-refractivity contribution is -0.0114. The Hall–Kier alpha value is -3.48. The molecule has 31 heavy (non-hydrogen) atoms. The van der Waals surface area contributed by atoms with Crippen molar-refractivity contribution < 1.29 is 13.9 Å². The second kappa shape index (κ2) is 8.34. The van der Waals surface area contributed by atoms with Crippen LogP contribution in [0.5, 0.6) is 0 Å². The van der Waals surface area contributed by atoms with E-state index in [9.17, 15) is 13.9 Å². The SMILES string of the molecule is C[C@H](c1nc(-c2ccc(C#N)cc2)cs1)C(O)(Cn1cncn1)c1cc(F)ccc1F. The van der Waals surface area contributed by atoms with Crippen molar-refractivity contribution in [2.24, 2.45) is 0 Å². The fourth-order valence-electron chi connectivity index (χ4n) is 3.38. The van der Waals surface area contributed by atoms with E-state index in [4.69, 9.17) is 5.26 Å². The summed E-state index contributed by atoms with van der Waals surface area (Å²) in [4.78, 5) is 8.49. The molecule has 1 unspecified atom stereocenters. The van der Waals surface area contributed by atoms with Crippen molar-refractivity contribution in [3.05, 3.63) is 88.3 Å². The van der Waals surface area contributed by atoms with Gasteiger partial charge in [0.2, 0.25) is 0 Å². The maximum Gasteiger partial charge on any atom is 0.137 e. The van der Waals surface area contributed by atoms with E-state index in [1.54, 1.807) is 31.2 Å². The first-order chi connectivity index (χ1) is 14.9.